The molecule has 7 nitrogen and oxygen atoms in total. The number of ether oxygens (including phenoxy) is 2. The minimum absolute atomic E-state index is 0.0960. The highest BCUT2D eigenvalue weighted by atomic mass is 32.2. The minimum Gasteiger partial charge on any atom is -0.454 e. The number of nitriles is 1. The van der Waals surface area contributed by atoms with Crippen LogP contribution in [0.25, 0.3) is 0 Å². The van der Waals surface area contributed by atoms with Crippen molar-refractivity contribution in [1.29, 1.82) is 5.26 Å². The number of hydrogen-bond donors (Lipinski definition) is 1. The van der Waals surface area contributed by atoms with Crippen molar-refractivity contribution in [2.45, 2.75) is 30.3 Å². The second-order valence-corrected chi connectivity index (χ2v) is 8.34. The van der Waals surface area contributed by atoms with E-state index in [1.807, 2.05) is 24.3 Å². The van der Waals surface area contributed by atoms with Gasteiger partial charge in [0.05, 0.1) is 22.7 Å². The van der Waals surface area contributed by atoms with Crippen molar-refractivity contribution in [2.75, 3.05) is 30.5 Å². The molecule has 2 bridgehead atoms. The third kappa shape index (κ3) is 3.47. The molecule has 0 unspecified atom stereocenters. The van der Waals surface area contributed by atoms with Crippen LogP contribution in [0, 0.1) is 11.3 Å². The largest absolute Gasteiger partial charge is 0.454 e. The Bertz CT molecular complexity index is 1010. The number of fused-ring (bicyclic) bond motifs is 3. The van der Waals surface area contributed by atoms with E-state index in [1.54, 1.807) is 0 Å². The molecule has 29 heavy (non-hydrogen) atoms. The monoisotopic (exact) mass is 408 g/mol. The highest BCUT2D eigenvalue weighted by Gasteiger charge is 2.33. The molecule has 0 aliphatic carbocycles. The molecule has 8 heteroatoms. The van der Waals surface area contributed by atoms with Gasteiger partial charge in [-0.1, -0.05) is 17.8 Å². The molecule has 1 N–H and O–H groups in total. The predicted molar refractivity (Wildman–Crippen MR) is 108 cm³/mol. The first-order valence-electron chi connectivity index (χ1n) is 9.69. The molecule has 0 radical (unpaired) electrons. The molecule has 0 spiro atoms. The molecule has 5 heterocycles. The Morgan fingerprint density at radius 3 is 2.93 bits per heavy atom. The third-order valence-corrected chi connectivity index (χ3v) is 6.60. The molecule has 1 fully saturated rings. The summed E-state index contributed by atoms with van der Waals surface area (Å²) in [5, 5.41) is 13.1. The quantitative estimate of drug-likeness (QED) is 0.761. The van der Waals surface area contributed by atoms with Crippen LogP contribution in [-0.4, -0.2) is 36.5 Å². The lowest BCUT2D eigenvalue weighted by atomic mass is 9.86. The van der Waals surface area contributed by atoms with Gasteiger partial charge >= 0.3 is 0 Å². The number of thioether (sulfide) groups is 1. The Morgan fingerprint density at radius 2 is 2.10 bits per heavy atom. The van der Waals surface area contributed by atoms with Gasteiger partial charge in [-0.25, -0.2) is 4.98 Å². The van der Waals surface area contributed by atoms with Crippen molar-refractivity contribution in [3.05, 3.63) is 41.1 Å². The first kappa shape index (κ1) is 18.1. The zero-order valence-corrected chi connectivity index (χ0v) is 16.6. The van der Waals surface area contributed by atoms with E-state index in [1.165, 1.54) is 11.8 Å². The summed E-state index contributed by atoms with van der Waals surface area (Å²) in [6.07, 6.45) is 2.23. The number of piperidine rings is 1. The zero-order valence-electron chi connectivity index (χ0n) is 15.8. The maximum atomic E-state index is 12.3. The molecule has 1 amide bonds. The van der Waals surface area contributed by atoms with E-state index < -0.39 is 0 Å². The number of amides is 1. The number of carbonyl (C=O) groups is 1. The highest BCUT2D eigenvalue weighted by molar-refractivity contribution is 8.00. The van der Waals surface area contributed by atoms with Crippen LogP contribution in [0.4, 0.5) is 5.69 Å². The van der Waals surface area contributed by atoms with Crippen molar-refractivity contribution in [3.8, 4) is 17.6 Å². The van der Waals surface area contributed by atoms with Gasteiger partial charge in [0.1, 0.15) is 11.1 Å². The average molecular weight is 408 g/mol. The second-order valence-electron chi connectivity index (χ2n) is 7.37. The van der Waals surface area contributed by atoms with Crippen LogP contribution >= 0.6 is 11.8 Å². The molecular weight excluding hydrogens is 388 g/mol. The Morgan fingerprint density at radius 1 is 1.28 bits per heavy atom. The van der Waals surface area contributed by atoms with Crippen LogP contribution in [0.2, 0.25) is 0 Å². The number of aromatic nitrogens is 1. The smallest absolute Gasteiger partial charge is 0.231 e. The summed E-state index contributed by atoms with van der Waals surface area (Å²) in [5.74, 6) is 2.03. The van der Waals surface area contributed by atoms with E-state index in [0.29, 0.717) is 28.8 Å². The first-order valence-corrected chi connectivity index (χ1v) is 10.7. The zero-order chi connectivity index (χ0) is 19.8. The van der Waals surface area contributed by atoms with Gasteiger partial charge in [0.15, 0.2) is 11.5 Å². The van der Waals surface area contributed by atoms with Crippen molar-refractivity contribution < 1.29 is 14.3 Å². The molecule has 0 saturated carbocycles. The van der Waals surface area contributed by atoms with Crippen molar-refractivity contribution in [1.82, 2.24) is 10.3 Å². The van der Waals surface area contributed by atoms with Gasteiger partial charge in [-0.2, -0.15) is 5.26 Å². The van der Waals surface area contributed by atoms with E-state index in [2.05, 4.69) is 16.3 Å². The van der Waals surface area contributed by atoms with Crippen molar-refractivity contribution in [3.63, 3.8) is 0 Å². The number of carbonyl (C=O) groups excluding carboxylic acids is 1. The molecule has 4 aliphatic heterocycles. The normalized spacial score (nSPS) is 16.4. The minimum atomic E-state index is -0.0960. The van der Waals surface area contributed by atoms with Crippen molar-refractivity contribution in [2.24, 2.45) is 0 Å². The van der Waals surface area contributed by atoms with Crippen molar-refractivity contribution >= 4 is 23.4 Å². The van der Waals surface area contributed by atoms with E-state index in [9.17, 15) is 10.1 Å². The van der Waals surface area contributed by atoms with Gasteiger partial charge in [0.2, 0.25) is 12.7 Å². The molecule has 148 valence electrons. The number of anilines is 1. The number of nitrogens with zero attached hydrogens (tertiary/aromatic N) is 3. The van der Waals surface area contributed by atoms with Gasteiger partial charge < -0.3 is 19.7 Å². The van der Waals surface area contributed by atoms with Crippen LogP contribution in [0.3, 0.4) is 0 Å². The van der Waals surface area contributed by atoms with Crippen LogP contribution in [0.5, 0.6) is 11.5 Å². The highest BCUT2D eigenvalue weighted by Crippen LogP contribution is 2.42. The number of rotatable bonds is 5. The van der Waals surface area contributed by atoms with E-state index in [0.717, 1.165) is 48.6 Å². The molecule has 1 aromatic heterocycles. The molecule has 1 aromatic carbocycles. The summed E-state index contributed by atoms with van der Waals surface area (Å²) in [5.41, 5.74) is 3.68. The SMILES string of the molecule is N#Cc1cc2c(nc1SCC(=O)NCc1ccc3c(c1)OCO3)C1CCN2CC1. The van der Waals surface area contributed by atoms with Crippen LogP contribution in [0.15, 0.2) is 29.3 Å². The van der Waals surface area contributed by atoms with Gasteiger partial charge in [-0.3, -0.25) is 4.79 Å². The Hall–Kier alpha value is -2.92. The Balaban J connectivity index is 1.22. The maximum Gasteiger partial charge on any atom is 0.231 e. The summed E-state index contributed by atoms with van der Waals surface area (Å²) in [6.45, 7) is 2.73. The van der Waals surface area contributed by atoms with Crippen LogP contribution in [-0.2, 0) is 11.3 Å². The molecule has 6 rings (SSSR count). The number of hydrogen-bond acceptors (Lipinski definition) is 7. The Labute approximate surface area is 173 Å². The summed E-state index contributed by atoms with van der Waals surface area (Å²) in [7, 11) is 0. The molecule has 2 aromatic rings. The third-order valence-electron chi connectivity index (χ3n) is 5.61. The molecule has 4 aliphatic rings. The molecular formula is C21H20N4O3S. The molecule has 1 saturated heterocycles. The topological polar surface area (TPSA) is 87.5 Å². The number of nitrogens with one attached hydrogen (secondary N) is 1. The summed E-state index contributed by atoms with van der Waals surface area (Å²) >= 11 is 1.33. The van der Waals surface area contributed by atoms with Gasteiger partial charge in [0, 0.05) is 25.6 Å². The van der Waals surface area contributed by atoms with E-state index in [4.69, 9.17) is 14.5 Å². The fourth-order valence-corrected chi connectivity index (χ4v) is 4.87. The van der Waals surface area contributed by atoms with Gasteiger partial charge in [-0.05, 0) is 36.6 Å². The summed E-state index contributed by atoms with van der Waals surface area (Å²) in [6, 6.07) is 9.81. The fraction of sp³-hybridized carbons (Fsp3) is 0.381. The predicted octanol–water partition coefficient (Wildman–Crippen LogP) is 2.79. The lowest BCUT2D eigenvalue weighted by Crippen LogP contribution is -2.39. The summed E-state index contributed by atoms with van der Waals surface area (Å²) < 4.78 is 10.7. The fourth-order valence-electron chi connectivity index (χ4n) is 4.07. The average Bonchev–Trinajstić information content (AvgIpc) is 3.24. The Kier molecular flexibility index (Phi) is 4.68. The lowest BCUT2D eigenvalue weighted by molar-refractivity contribution is -0.118. The van der Waals surface area contributed by atoms with Crippen LogP contribution < -0.4 is 19.7 Å². The van der Waals surface area contributed by atoms with Crippen LogP contribution in [0.1, 0.15) is 35.6 Å². The maximum absolute atomic E-state index is 12.3. The van der Waals surface area contributed by atoms with Gasteiger partial charge in [0.25, 0.3) is 0 Å². The molecule has 0 atom stereocenters. The lowest BCUT2D eigenvalue weighted by Gasteiger charge is -2.41. The number of benzene rings is 1. The number of pyridine rings is 1. The van der Waals surface area contributed by atoms with E-state index >= 15 is 0 Å². The van der Waals surface area contributed by atoms with Gasteiger partial charge in [-0.15, -0.1) is 0 Å². The first-order chi connectivity index (χ1) is 14.2. The summed E-state index contributed by atoms with van der Waals surface area (Å²) in [4.78, 5) is 19.4. The second kappa shape index (κ2) is 7.48. The standard InChI is InChI=1S/C21H20N4O3S/c22-9-15-8-16-20(14-3-5-25(16)6-4-14)24-21(15)29-11-19(26)23-10-13-1-2-17-18(7-13)28-12-27-17/h1-2,7-8,14H,3-6,10-12H2,(H,23,26). The van der Waals surface area contributed by atoms with E-state index in [-0.39, 0.29) is 18.5 Å².